The Hall–Kier alpha value is 2.10. The molecule has 0 fully saturated rings. The summed E-state index contributed by atoms with van der Waals surface area (Å²) in [7, 11) is 0. The zero-order valence-corrected chi connectivity index (χ0v) is 21.2. The average Bonchev–Trinajstić information content (AvgIpc) is 2.43. The van der Waals surface area contributed by atoms with E-state index < -0.39 is 0 Å². The molecule has 0 aromatic heterocycles. The number of para-hydroxylation sites is 2. The van der Waals surface area contributed by atoms with Crippen molar-refractivity contribution in [2.24, 2.45) is 5.92 Å². The molecule has 1 unspecified atom stereocenters. The Labute approximate surface area is 201 Å². The van der Waals surface area contributed by atoms with Crippen molar-refractivity contribution in [3.8, 4) is 0 Å². The molecular weight excluding hydrogens is 359 g/mol. The van der Waals surface area contributed by atoms with Crippen LogP contribution in [-0.4, -0.2) is 12.5 Å². The second-order valence-corrected chi connectivity index (χ2v) is 3.18. The number of hydrogen-bond acceptors (Lipinski definition) is 1. The molecule has 0 N–H and O–H groups in total. The molecule has 1 aromatic rings. The molecule has 3 nitrogen and oxygen atoms in total. The molecule has 1 atom stereocenters. The van der Waals surface area contributed by atoms with E-state index in [1.807, 2.05) is 45.0 Å². The number of carbonyl (C=O) groups is 1. The molecule has 0 saturated heterocycles. The van der Waals surface area contributed by atoms with Crippen LogP contribution in [-0.2, 0) is 4.79 Å². The maximum Gasteiger partial charge on any atom is 1.00 e. The third-order valence-electron chi connectivity index (χ3n) is 2.07. The fourth-order valence-electron chi connectivity index (χ4n) is 1.23. The van der Waals surface area contributed by atoms with Gasteiger partial charge in [-0.25, -0.2) is 0 Å². The Kier molecular flexibility index (Phi) is 15.0. The molecule has 2 rings (SSSR count). The van der Waals surface area contributed by atoms with Crippen molar-refractivity contribution in [3.63, 3.8) is 0 Å². The van der Waals surface area contributed by atoms with Crippen LogP contribution in [0.25, 0.3) is 10.6 Å². The second kappa shape index (κ2) is 11.9. The Bertz CT molecular complexity index is 345. The topological polar surface area (TPSA) is 45.3 Å². The Morgan fingerprint density at radius 1 is 1.12 bits per heavy atom. The zero-order chi connectivity index (χ0) is 11.3. The molecule has 17 heavy (non-hydrogen) atoms. The van der Waals surface area contributed by atoms with Gasteiger partial charge in [-0.1, -0.05) is 45.0 Å². The molecule has 0 radical (unpaired) electrons. The molecule has 82 valence electrons. The number of fused-ring (bicyclic) bond motifs is 1. The van der Waals surface area contributed by atoms with Gasteiger partial charge in [0.05, 0.1) is 5.91 Å². The first-order chi connectivity index (χ1) is 7.27. The Morgan fingerprint density at radius 2 is 1.65 bits per heavy atom. The van der Waals surface area contributed by atoms with E-state index in [0.717, 1.165) is 5.69 Å². The van der Waals surface area contributed by atoms with E-state index in [1.165, 1.54) is 0 Å². The summed E-state index contributed by atoms with van der Waals surface area (Å²) in [5.74, 6) is -0.166. The van der Waals surface area contributed by atoms with Gasteiger partial charge in [-0.2, -0.15) is 5.69 Å². The van der Waals surface area contributed by atoms with E-state index in [2.05, 4.69) is 10.6 Å². The van der Waals surface area contributed by atoms with Crippen LogP contribution in [0.5, 0.6) is 0 Å². The third kappa shape index (κ3) is 6.89. The number of nitrogens with zero attached hydrogens (tertiary/aromatic N) is 2. The molecule has 1 aliphatic heterocycles. The molecule has 5 heteroatoms. The van der Waals surface area contributed by atoms with Crippen molar-refractivity contribution >= 4 is 17.3 Å². The summed E-state index contributed by atoms with van der Waals surface area (Å²) in [6.45, 7) is 6.39. The van der Waals surface area contributed by atoms with Crippen LogP contribution in [0, 0.1) is 5.92 Å². The number of amides is 1. The summed E-state index contributed by atoms with van der Waals surface area (Å²) in [6, 6.07) is 7.46. The van der Waals surface area contributed by atoms with Gasteiger partial charge in [0.1, 0.15) is 0 Å². The van der Waals surface area contributed by atoms with Crippen molar-refractivity contribution in [3.05, 3.63) is 34.9 Å². The number of hydrogen-bond donors (Lipinski definition) is 0. The van der Waals surface area contributed by atoms with Crippen LogP contribution in [0.2, 0.25) is 0 Å². The van der Waals surface area contributed by atoms with Crippen molar-refractivity contribution in [2.75, 3.05) is 6.54 Å². The Balaban J connectivity index is 0. The van der Waals surface area contributed by atoms with E-state index in [1.54, 1.807) is 0 Å². The molecule has 1 heterocycles. The second-order valence-electron chi connectivity index (χ2n) is 3.18. The summed E-state index contributed by atoms with van der Waals surface area (Å²) < 4.78 is 0. The van der Waals surface area contributed by atoms with E-state index in [0.29, 0.717) is 12.2 Å². The smallest absolute Gasteiger partial charge is 0.685 e. The quantitative estimate of drug-likeness (QED) is 0.513. The third-order valence-corrected chi connectivity index (χ3v) is 2.07. The number of rotatable bonds is 0. The van der Waals surface area contributed by atoms with Gasteiger partial charge in [-0.15, -0.1) is 12.2 Å². The average molecular weight is 375 g/mol. The summed E-state index contributed by atoms with van der Waals surface area (Å²) in [4.78, 5) is 11.4. The monoisotopic (exact) mass is 374 g/mol. The molecule has 1 aromatic carbocycles. The summed E-state index contributed by atoms with van der Waals surface area (Å²) in [6.07, 6.45) is 0. The first-order valence-corrected chi connectivity index (χ1v) is 5.29. The molecule has 0 saturated carbocycles. The van der Waals surface area contributed by atoms with Crippen LogP contribution in [0.1, 0.15) is 20.8 Å². The van der Waals surface area contributed by atoms with Crippen LogP contribution in [0.4, 0.5) is 11.4 Å². The Morgan fingerprint density at radius 3 is 2.24 bits per heavy atom. The van der Waals surface area contributed by atoms with Gasteiger partial charge in [0, 0.05) is 0 Å². The predicted molar refractivity (Wildman–Crippen MR) is 62.9 cm³/mol. The maximum absolute atomic E-state index is 11.4. The van der Waals surface area contributed by atoms with Crippen LogP contribution >= 0.6 is 0 Å². The molecule has 1 aliphatic rings. The zero-order valence-electron chi connectivity index (χ0n) is 11.4. The van der Waals surface area contributed by atoms with Crippen molar-refractivity contribution in [1.29, 1.82) is 0 Å². The van der Waals surface area contributed by atoms with Gasteiger partial charge < -0.3 is 15.4 Å². The van der Waals surface area contributed by atoms with Crippen molar-refractivity contribution in [1.82, 2.24) is 0 Å². The normalized spacial score (nSPS) is 16.4. The molecule has 1 amide bonds. The van der Waals surface area contributed by atoms with Gasteiger partial charge in [0.15, 0.2) is 0 Å². The van der Waals surface area contributed by atoms with Crippen molar-refractivity contribution < 1.29 is 121 Å². The first kappa shape index (κ1) is 21.4. The van der Waals surface area contributed by atoms with Gasteiger partial charge in [0.2, 0.25) is 0 Å². The van der Waals surface area contributed by atoms with Crippen molar-refractivity contribution in [2.45, 2.75) is 20.8 Å². The van der Waals surface area contributed by atoms with Gasteiger partial charge in [-0.3, -0.25) is 0 Å². The summed E-state index contributed by atoms with van der Waals surface area (Å²) in [5.41, 5.74) is 1.51. The van der Waals surface area contributed by atoms with E-state index in [9.17, 15) is 4.79 Å². The minimum absolute atomic E-state index is 0. The first-order valence-electron chi connectivity index (χ1n) is 5.29. The fraction of sp³-hybridized carbons (Fsp3) is 0.417. The van der Waals surface area contributed by atoms with Gasteiger partial charge in [0.25, 0.3) is 0 Å². The van der Waals surface area contributed by atoms with Gasteiger partial charge in [-0.05, 0) is 5.92 Å². The van der Waals surface area contributed by atoms with E-state index >= 15 is 0 Å². The maximum atomic E-state index is 11.4. The van der Waals surface area contributed by atoms with Crippen LogP contribution in [0.3, 0.4) is 0 Å². The van der Waals surface area contributed by atoms with Gasteiger partial charge >= 0.3 is 116 Å². The minimum Gasteiger partial charge on any atom is -0.685 e. The summed E-state index contributed by atoms with van der Waals surface area (Å²) >= 11 is 0. The predicted octanol–water partition coefficient (Wildman–Crippen LogP) is -2.09. The summed E-state index contributed by atoms with van der Waals surface area (Å²) in [5, 5.41) is 8.29. The van der Waals surface area contributed by atoms with Crippen LogP contribution < -0.4 is 116 Å². The van der Waals surface area contributed by atoms with E-state index in [-0.39, 0.29) is 128 Å². The molecule has 0 aliphatic carbocycles. The number of benzene rings is 1. The fourth-order valence-corrected chi connectivity index (χ4v) is 1.23. The van der Waals surface area contributed by atoms with E-state index in [4.69, 9.17) is 0 Å². The molecule has 0 spiro atoms. The number of carbonyl (C=O) groups excluding carboxylic acids is 1. The molecule has 0 bridgehead atoms. The standard InChI is InChI=1S/C10H11N2O.C2H6.2Rb/c1-7-6-11-8-4-2-3-5-9(8)12-10(7)13;1-2;;/h2-5,7H,6H2,1H3,(H,12,13);1-2H3;;/q-1;;2*+1/p-1. The van der Waals surface area contributed by atoms with Crippen LogP contribution in [0.15, 0.2) is 24.3 Å². The minimum atomic E-state index is -0.0904. The largest absolute Gasteiger partial charge is 1.00 e. The SMILES string of the molecule is CC.CC1C[N-]c2ccccc2[N-]C1=O.[Rb+].[Rb+]. The molecular formula is C12H16N2ORb2.